The molecule has 0 aliphatic rings. The topological polar surface area (TPSA) is 34.4 Å². The van der Waals surface area contributed by atoms with Crippen molar-refractivity contribution in [2.24, 2.45) is 0 Å². The van der Waals surface area contributed by atoms with E-state index in [2.05, 4.69) is 6.92 Å². The Labute approximate surface area is 138 Å². The molecule has 2 aromatic carbocycles. The summed E-state index contributed by atoms with van der Waals surface area (Å²) in [6, 6.07) is 21.9. The van der Waals surface area contributed by atoms with Crippen LogP contribution in [0, 0.1) is 6.92 Å². The normalized spacial score (nSPS) is 11.7. The molecule has 0 saturated heterocycles. The van der Waals surface area contributed by atoms with Crippen LogP contribution in [-0.2, 0) is 0 Å². The second kappa shape index (κ2) is 4.65. The van der Waals surface area contributed by atoms with Crippen LogP contribution < -0.4 is 5.43 Å². The van der Waals surface area contributed by atoms with Gasteiger partial charge in [-0.05, 0) is 19.1 Å². The molecule has 0 bridgehead atoms. The Kier molecular flexibility index (Phi) is 2.57. The number of benzene rings is 2. The van der Waals surface area contributed by atoms with Crippen molar-refractivity contribution in [1.29, 1.82) is 0 Å². The van der Waals surface area contributed by atoms with Gasteiger partial charge < -0.3 is 0 Å². The zero-order valence-corrected chi connectivity index (χ0v) is 13.2. The molecular formula is C21H14N2O. The van der Waals surface area contributed by atoms with E-state index < -0.39 is 0 Å². The largest absolute Gasteiger partial charge is 0.289 e. The average Bonchev–Trinajstić information content (AvgIpc) is 3.01. The van der Waals surface area contributed by atoms with Crippen molar-refractivity contribution in [3.63, 3.8) is 0 Å². The number of hydrogen-bond donors (Lipinski definition) is 0. The Morgan fingerprint density at radius 2 is 1.58 bits per heavy atom. The van der Waals surface area contributed by atoms with Crippen LogP contribution in [-0.4, -0.2) is 9.38 Å². The standard InChI is InChI=1S/C21H14N2O/c1-13-9-11-14(12-10-13)19-20-21(24)16-6-3-2-5-15(16)17-7-4-8-18(22-19)23(17)20/h2-12H,1H3. The predicted octanol–water partition coefficient (Wildman–Crippen LogP) is 4.41. The van der Waals surface area contributed by atoms with Crippen LogP contribution >= 0.6 is 0 Å². The number of nitrogens with zero attached hydrogens (tertiary/aromatic N) is 2. The zero-order valence-electron chi connectivity index (χ0n) is 13.2. The van der Waals surface area contributed by atoms with Crippen molar-refractivity contribution in [3.05, 3.63) is 82.5 Å². The third-order valence-electron chi connectivity index (χ3n) is 4.63. The molecule has 0 aliphatic carbocycles. The summed E-state index contributed by atoms with van der Waals surface area (Å²) >= 11 is 0. The maximum atomic E-state index is 13.2. The first-order valence-corrected chi connectivity index (χ1v) is 7.96. The lowest BCUT2D eigenvalue weighted by molar-refractivity contribution is 1.28. The number of rotatable bonds is 1. The predicted molar refractivity (Wildman–Crippen MR) is 97.8 cm³/mol. The molecule has 0 radical (unpaired) electrons. The fourth-order valence-electron chi connectivity index (χ4n) is 3.46. The van der Waals surface area contributed by atoms with Crippen LogP contribution in [0.1, 0.15) is 5.56 Å². The van der Waals surface area contributed by atoms with E-state index in [1.54, 1.807) is 0 Å². The van der Waals surface area contributed by atoms with E-state index in [0.717, 1.165) is 33.2 Å². The molecule has 0 amide bonds. The average molecular weight is 310 g/mol. The molecule has 0 atom stereocenters. The second-order valence-electron chi connectivity index (χ2n) is 6.15. The lowest BCUT2D eigenvalue weighted by Gasteiger charge is -2.06. The van der Waals surface area contributed by atoms with Gasteiger partial charge in [0.25, 0.3) is 0 Å². The summed E-state index contributed by atoms with van der Waals surface area (Å²) in [6.07, 6.45) is 0. The molecule has 24 heavy (non-hydrogen) atoms. The van der Waals surface area contributed by atoms with Gasteiger partial charge in [0.15, 0.2) is 0 Å². The van der Waals surface area contributed by atoms with Crippen LogP contribution in [0.15, 0.2) is 71.5 Å². The molecule has 3 nitrogen and oxygen atoms in total. The highest BCUT2D eigenvalue weighted by atomic mass is 16.1. The van der Waals surface area contributed by atoms with Gasteiger partial charge in [0.05, 0.1) is 5.52 Å². The van der Waals surface area contributed by atoms with Gasteiger partial charge in [-0.25, -0.2) is 4.98 Å². The quantitative estimate of drug-likeness (QED) is 0.430. The molecule has 3 heteroatoms. The van der Waals surface area contributed by atoms with Crippen molar-refractivity contribution in [2.45, 2.75) is 6.92 Å². The van der Waals surface area contributed by atoms with Gasteiger partial charge in [0.2, 0.25) is 5.43 Å². The van der Waals surface area contributed by atoms with Gasteiger partial charge in [-0.15, -0.1) is 0 Å². The van der Waals surface area contributed by atoms with E-state index in [9.17, 15) is 4.79 Å². The minimum atomic E-state index is 0.0346. The number of aromatic nitrogens is 2. The highest BCUT2D eigenvalue weighted by Crippen LogP contribution is 2.29. The lowest BCUT2D eigenvalue weighted by Crippen LogP contribution is -2.07. The third-order valence-corrected chi connectivity index (χ3v) is 4.63. The molecule has 3 heterocycles. The first-order chi connectivity index (χ1) is 11.7. The van der Waals surface area contributed by atoms with Gasteiger partial charge in [-0.1, -0.05) is 60.2 Å². The lowest BCUT2D eigenvalue weighted by atomic mass is 10.1. The Bertz CT molecular complexity index is 1270. The molecule has 3 aromatic heterocycles. The van der Waals surface area contributed by atoms with Crippen LogP contribution in [0.4, 0.5) is 0 Å². The van der Waals surface area contributed by atoms with Crippen LogP contribution in [0.2, 0.25) is 0 Å². The smallest absolute Gasteiger partial charge is 0.212 e. The Morgan fingerprint density at radius 3 is 2.38 bits per heavy atom. The Hall–Kier alpha value is -3.20. The van der Waals surface area contributed by atoms with Crippen LogP contribution in [0.5, 0.6) is 0 Å². The molecule has 0 unspecified atom stereocenters. The number of pyridine rings is 2. The van der Waals surface area contributed by atoms with Crippen molar-refractivity contribution < 1.29 is 0 Å². The first kappa shape index (κ1) is 13.3. The van der Waals surface area contributed by atoms with Gasteiger partial charge >= 0.3 is 0 Å². The van der Waals surface area contributed by atoms with E-state index >= 15 is 0 Å². The van der Waals surface area contributed by atoms with Gasteiger partial charge in [-0.2, -0.15) is 0 Å². The molecule has 114 valence electrons. The number of hydrogen-bond acceptors (Lipinski definition) is 2. The molecular weight excluding hydrogens is 296 g/mol. The highest BCUT2D eigenvalue weighted by molar-refractivity contribution is 6.02. The minimum Gasteiger partial charge on any atom is -0.289 e. The van der Waals surface area contributed by atoms with Crippen molar-refractivity contribution >= 4 is 27.5 Å². The number of fused-ring (bicyclic) bond motifs is 2. The second-order valence-corrected chi connectivity index (χ2v) is 6.15. The Balaban J connectivity index is 2.04. The van der Waals surface area contributed by atoms with Gasteiger partial charge in [0.1, 0.15) is 16.9 Å². The summed E-state index contributed by atoms with van der Waals surface area (Å²) in [5.41, 5.74) is 5.42. The monoisotopic (exact) mass is 310 g/mol. The van der Waals surface area contributed by atoms with Crippen molar-refractivity contribution in [3.8, 4) is 11.3 Å². The molecule has 0 N–H and O–H groups in total. The minimum absolute atomic E-state index is 0.0346. The maximum Gasteiger partial charge on any atom is 0.212 e. The van der Waals surface area contributed by atoms with E-state index in [-0.39, 0.29) is 5.43 Å². The molecule has 0 spiro atoms. The van der Waals surface area contributed by atoms with E-state index in [1.165, 1.54) is 5.56 Å². The van der Waals surface area contributed by atoms with Gasteiger partial charge in [0, 0.05) is 16.3 Å². The number of imidazole rings is 1. The van der Waals surface area contributed by atoms with Crippen molar-refractivity contribution in [1.82, 2.24) is 9.38 Å². The number of aryl methyl sites for hydroxylation is 1. The van der Waals surface area contributed by atoms with E-state index in [4.69, 9.17) is 4.98 Å². The van der Waals surface area contributed by atoms with E-state index in [1.807, 2.05) is 71.1 Å². The fourth-order valence-corrected chi connectivity index (χ4v) is 3.46. The molecule has 5 aromatic rings. The zero-order chi connectivity index (χ0) is 16.3. The Morgan fingerprint density at radius 1 is 0.833 bits per heavy atom. The SMILES string of the molecule is Cc1ccc(-c2nc3cccc4c5ccccc5c(=O)c2n34)cc1. The summed E-state index contributed by atoms with van der Waals surface area (Å²) in [6.45, 7) is 2.05. The summed E-state index contributed by atoms with van der Waals surface area (Å²) in [4.78, 5) is 17.9. The fraction of sp³-hybridized carbons (Fsp3) is 0.0476. The summed E-state index contributed by atoms with van der Waals surface area (Å²) in [5.74, 6) is 0. The third kappa shape index (κ3) is 1.67. The summed E-state index contributed by atoms with van der Waals surface area (Å²) in [7, 11) is 0. The molecule has 0 fully saturated rings. The van der Waals surface area contributed by atoms with Crippen molar-refractivity contribution in [2.75, 3.05) is 0 Å². The van der Waals surface area contributed by atoms with Crippen LogP contribution in [0.25, 0.3) is 38.7 Å². The molecule has 0 saturated carbocycles. The van der Waals surface area contributed by atoms with Gasteiger partial charge in [-0.3, -0.25) is 9.20 Å². The summed E-state index contributed by atoms with van der Waals surface area (Å²) in [5, 5.41) is 1.71. The molecule has 5 rings (SSSR count). The summed E-state index contributed by atoms with van der Waals surface area (Å²) < 4.78 is 1.99. The van der Waals surface area contributed by atoms with E-state index in [0.29, 0.717) is 5.52 Å². The van der Waals surface area contributed by atoms with Crippen LogP contribution in [0.3, 0.4) is 0 Å². The maximum absolute atomic E-state index is 13.2. The highest BCUT2D eigenvalue weighted by Gasteiger charge is 2.18. The molecule has 0 aliphatic heterocycles. The first-order valence-electron chi connectivity index (χ1n) is 7.96.